The minimum atomic E-state index is -3.63. The van der Waals surface area contributed by atoms with Crippen molar-refractivity contribution in [3.8, 4) is 6.07 Å². The van der Waals surface area contributed by atoms with E-state index in [4.69, 9.17) is 21.6 Å². The van der Waals surface area contributed by atoms with Crippen molar-refractivity contribution < 1.29 is 13.2 Å². The summed E-state index contributed by atoms with van der Waals surface area (Å²) in [6, 6.07) is 5.86. The van der Waals surface area contributed by atoms with Gasteiger partial charge < -0.3 is 10.1 Å². The van der Waals surface area contributed by atoms with Crippen molar-refractivity contribution in [2.24, 2.45) is 0 Å². The maximum absolute atomic E-state index is 12.0. The third kappa shape index (κ3) is 5.07. The van der Waals surface area contributed by atoms with Crippen LogP contribution in [0.5, 0.6) is 0 Å². The Morgan fingerprint density at radius 2 is 2.10 bits per heavy atom. The molecule has 0 atom stereocenters. The van der Waals surface area contributed by atoms with E-state index in [2.05, 4.69) is 10.0 Å². The summed E-state index contributed by atoms with van der Waals surface area (Å²) in [6.45, 7) is 1.95. The van der Waals surface area contributed by atoms with Crippen LogP contribution < -0.4 is 10.0 Å². The molecule has 110 valence electrons. The van der Waals surface area contributed by atoms with Crippen LogP contribution in [0.15, 0.2) is 23.1 Å². The number of sulfonamides is 1. The minimum absolute atomic E-state index is 0.0235. The number of nitriles is 1. The number of rotatable bonds is 8. The largest absolute Gasteiger partial charge is 0.383 e. The predicted octanol–water partition coefficient (Wildman–Crippen LogP) is 0.726. The molecule has 0 bridgehead atoms. The lowest BCUT2D eigenvalue weighted by Gasteiger charge is -2.08. The Morgan fingerprint density at radius 3 is 2.75 bits per heavy atom. The van der Waals surface area contributed by atoms with E-state index in [1.165, 1.54) is 18.2 Å². The Labute approximate surface area is 123 Å². The van der Waals surface area contributed by atoms with E-state index in [1.54, 1.807) is 7.11 Å². The smallest absolute Gasteiger partial charge is 0.240 e. The summed E-state index contributed by atoms with van der Waals surface area (Å²) in [5.41, 5.74) is 0.132. The van der Waals surface area contributed by atoms with Gasteiger partial charge in [0.05, 0.1) is 22.1 Å². The molecule has 0 aliphatic rings. The monoisotopic (exact) mass is 317 g/mol. The summed E-state index contributed by atoms with van der Waals surface area (Å²) in [4.78, 5) is 0.0235. The minimum Gasteiger partial charge on any atom is -0.383 e. The van der Waals surface area contributed by atoms with E-state index < -0.39 is 10.0 Å². The molecule has 0 aromatic heterocycles. The first-order valence-electron chi connectivity index (χ1n) is 5.90. The maximum atomic E-state index is 12.0. The topological polar surface area (TPSA) is 91.2 Å². The fourth-order valence-corrected chi connectivity index (χ4v) is 2.63. The van der Waals surface area contributed by atoms with Crippen LogP contribution >= 0.6 is 11.6 Å². The van der Waals surface area contributed by atoms with E-state index in [9.17, 15) is 8.42 Å². The molecule has 0 aliphatic carbocycles. The lowest BCUT2D eigenvalue weighted by Crippen LogP contribution is -2.33. The second kappa shape index (κ2) is 8.19. The molecular formula is C12H16ClN3O3S. The Bertz CT molecular complexity index is 584. The molecular weight excluding hydrogens is 302 g/mol. The number of nitrogens with zero attached hydrogens (tertiary/aromatic N) is 1. The molecule has 0 saturated heterocycles. The number of hydrogen-bond donors (Lipinski definition) is 2. The highest BCUT2D eigenvalue weighted by Gasteiger charge is 2.15. The average molecular weight is 318 g/mol. The van der Waals surface area contributed by atoms with E-state index >= 15 is 0 Å². The number of hydrogen-bond acceptors (Lipinski definition) is 5. The van der Waals surface area contributed by atoms with Crippen LogP contribution in [-0.2, 0) is 14.8 Å². The molecule has 1 aromatic rings. The predicted molar refractivity (Wildman–Crippen MR) is 76.1 cm³/mol. The second-order valence-electron chi connectivity index (χ2n) is 3.89. The van der Waals surface area contributed by atoms with Crippen LogP contribution in [0.2, 0.25) is 5.02 Å². The Kier molecular flexibility index (Phi) is 6.91. The molecule has 0 aliphatic heterocycles. The van der Waals surface area contributed by atoms with Crippen LogP contribution in [-0.4, -0.2) is 41.8 Å². The van der Waals surface area contributed by atoms with Crippen LogP contribution in [0.3, 0.4) is 0 Å². The molecule has 0 heterocycles. The molecule has 2 N–H and O–H groups in total. The van der Waals surface area contributed by atoms with Gasteiger partial charge in [0.1, 0.15) is 6.07 Å². The summed E-state index contributed by atoms with van der Waals surface area (Å²) < 4.78 is 31.3. The van der Waals surface area contributed by atoms with Crippen molar-refractivity contribution in [2.45, 2.75) is 4.90 Å². The zero-order valence-electron chi connectivity index (χ0n) is 11.0. The Balaban J connectivity index is 2.59. The van der Waals surface area contributed by atoms with Gasteiger partial charge in [-0.1, -0.05) is 11.6 Å². The zero-order chi connectivity index (χ0) is 15.0. The van der Waals surface area contributed by atoms with Crippen molar-refractivity contribution in [2.75, 3.05) is 33.4 Å². The van der Waals surface area contributed by atoms with Crippen molar-refractivity contribution in [3.63, 3.8) is 0 Å². The molecule has 6 nitrogen and oxygen atoms in total. The van der Waals surface area contributed by atoms with E-state index in [0.717, 1.165) is 0 Å². The van der Waals surface area contributed by atoms with Gasteiger partial charge in [-0.25, -0.2) is 13.1 Å². The van der Waals surface area contributed by atoms with Gasteiger partial charge in [-0.3, -0.25) is 0 Å². The molecule has 0 spiro atoms. The first-order chi connectivity index (χ1) is 9.51. The lowest BCUT2D eigenvalue weighted by atomic mass is 10.2. The van der Waals surface area contributed by atoms with E-state index in [1.807, 2.05) is 6.07 Å². The van der Waals surface area contributed by atoms with Gasteiger partial charge in [-0.05, 0) is 18.2 Å². The molecule has 0 radical (unpaired) electrons. The first-order valence-corrected chi connectivity index (χ1v) is 7.76. The van der Waals surface area contributed by atoms with E-state index in [-0.39, 0.29) is 22.0 Å². The van der Waals surface area contributed by atoms with Gasteiger partial charge in [0.25, 0.3) is 0 Å². The van der Waals surface area contributed by atoms with Crippen LogP contribution in [0.4, 0.5) is 0 Å². The van der Waals surface area contributed by atoms with Crippen molar-refractivity contribution in [1.29, 1.82) is 5.26 Å². The van der Waals surface area contributed by atoms with Crippen LogP contribution in [0.1, 0.15) is 5.56 Å². The van der Waals surface area contributed by atoms with Gasteiger partial charge in [0.15, 0.2) is 0 Å². The summed E-state index contributed by atoms with van der Waals surface area (Å²) in [6.07, 6.45) is 0. The SMILES string of the molecule is COCCNCCNS(=O)(=O)c1ccc(Cl)c(C#N)c1. The molecule has 1 rings (SSSR count). The van der Waals surface area contributed by atoms with Crippen molar-refractivity contribution in [3.05, 3.63) is 28.8 Å². The van der Waals surface area contributed by atoms with Gasteiger partial charge in [0.2, 0.25) is 10.0 Å². The van der Waals surface area contributed by atoms with Crippen molar-refractivity contribution >= 4 is 21.6 Å². The third-order valence-corrected chi connectivity index (χ3v) is 4.23. The van der Waals surface area contributed by atoms with Gasteiger partial charge >= 0.3 is 0 Å². The van der Waals surface area contributed by atoms with Gasteiger partial charge in [0, 0.05) is 26.7 Å². The molecule has 20 heavy (non-hydrogen) atoms. The highest BCUT2D eigenvalue weighted by molar-refractivity contribution is 7.89. The molecule has 0 fully saturated rings. The molecule has 0 amide bonds. The van der Waals surface area contributed by atoms with Crippen molar-refractivity contribution in [1.82, 2.24) is 10.0 Å². The van der Waals surface area contributed by atoms with E-state index in [0.29, 0.717) is 19.7 Å². The van der Waals surface area contributed by atoms with Gasteiger partial charge in [-0.15, -0.1) is 0 Å². The fraction of sp³-hybridized carbons (Fsp3) is 0.417. The summed E-state index contributed by atoms with van der Waals surface area (Å²) in [7, 11) is -2.04. The zero-order valence-corrected chi connectivity index (χ0v) is 12.6. The summed E-state index contributed by atoms with van der Waals surface area (Å²) in [5, 5.41) is 12.1. The number of nitrogens with one attached hydrogen (secondary N) is 2. The molecule has 8 heteroatoms. The number of ether oxygens (including phenoxy) is 1. The highest BCUT2D eigenvalue weighted by atomic mass is 35.5. The normalized spacial score (nSPS) is 11.2. The Hall–Kier alpha value is -1.17. The lowest BCUT2D eigenvalue weighted by molar-refractivity contribution is 0.199. The number of benzene rings is 1. The standard InChI is InChI=1S/C12H16ClN3O3S/c1-19-7-6-15-4-5-16-20(17,18)11-2-3-12(13)10(8-11)9-14/h2-3,8,15-16H,4-7H2,1H3. The average Bonchev–Trinajstić information content (AvgIpc) is 2.43. The third-order valence-electron chi connectivity index (χ3n) is 2.45. The second-order valence-corrected chi connectivity index (χ2v) is 6.07. The molecule has 0 unspecified atom stereocenters. The van der Waals surface area contributed by atoms with Gasteiger partial charge in [-0.2, -0.15) is 5.26 Å². The Morgan fingerprint density at radius 1 is 1.35 bits per heavy atom. The van der Waals surface area contributed by atoms with Crippen LogP contribution in [0.25, 0.3) is 0 Å². The fourth-order valence-electron chi connectivity index (χ4n) is 1.41. The molecule has 1 aromatic carbocycles. The number of halogens is 1. The maximum Gasteiger partial charge on any atom is 0.240 e. The summed E-state index contributed by atoms with van der Waals surface area (Å²) >= 11 is 5.76. The summed E-state index contributed by atoms with van der Waals surface area (Å²) in [5.74, 6) is 0. The van der Waals surface area contributed by atoms with Crippen LogP contribution in [0, 0.1) is 11.3 Å². The quantitative estimate of drug-likeness (QED) is 0.690. The molecule has 0 saturated carbocycles. The number of methoxy groups -OCH3 is 1. The first kappa shape index (κ1) is 16.9. The highest BCUT2D eigenvalue weighted by Crippen LogP contribution is 2.19.